The van der Waals surface area contributed by atoms with Gasteiger partial charge in [-0.1, -0.05) is 0 Å². The number of aromatic nitrogens is 4. The van der Waals surface area contributed by atoms with E-state index in [-0.39, 0.29) is 17.0 Å². The van der Waals surface area contributed by atoms with E-state index in [0.717, 1.165) is 10.4 Å². The molecule has 0 aliphatic rings. The number of pyridine rings is 3. The van der Waals surface area contributed by atoms with Crippen molar-refractivity contribution >= 4 is 33.8 Å². The summed E-state index contributed by atoms with van der Waals surface area (Å²) in [7, 11) is 1.54. The number of ketones is 1. The first kappa shape index (κ1) is 17.8. The van der Waals surface area contributed by atoms with E-state index in [1.165, 1.54) is 24.5 Å². The molecule has 28 heavy (non-hydrogen) atoms. The van der Waals surface area contributed by atoms with Crippen molar-refractivity contribution in [2.24, 2.45) is 0 Å². The van der Waals surface area contributed by atoms with E-state index in [1.54, 1.807) is 31.6 Å². The number of aromatic amines is 1. The Labute approximate surface area is 163 Å². The molecule has 0 unspecified atom stereocenters. The van der Waals surface area contributed by atoms with Gasteiger partial charge in [-0.05, 0) is 25.1 Å². The third-order valence-corrected chi connectivity index (χ3v) is 5.29. The molecular formula is C19H15N5O3S. The highest BCUT2D eigenvalue weighted by Gasteiger charge is 2.19. The van der Waals surface area contributed by atoms with Crippen LogP contribution in [0.25, 0.3) is 32.0 Å². The van der Waals surface area contributed by atoms with Crippen LogP contribution in [0.1, 0.15) is 17.3 Å². The molecule has 0 spiro atoms. The van der Waals surface area contributed by atoms with Gasteiger partial charge >= 0.3 is 0 Å². The largest absolute Gasteiger partial charge is 0.481 e. The van der Waals surface area contributed by atoms with Crippen molar-refractivity contribution in [1.82, 2.24) is 19.9 Å². The summed E-state index contributed by atoms with van der Waals surface area (Å²) in [6.07, 6.45) is 4.73. The number of rotatable bonds is 4. The molecule has 0 radical (unpaired) electrons. The zero-order valence-electron chi connectivity index (χ0n) is 15.0. The molecule has 0 saturated carbocycles. The SMILES string of the molecule is COc1ncccc1-c1cnc(-c2c(N)c3ncc(C(C)=O)cc3[nH]c2=O)s1. The summed E-state index contributed by atoms with van der Waals surface area (Å²) >= 11 is 1.30. The van der Waals surface area contributed by atoms with Crippen LogP contribution in [-0.4, -0.2) is 32.8 Å². The van der Waals surface area contributed by atoms with Crippen molar-refractivity contribution < 1.29 is 9.53 Å². The molecule has 4 rings (SSSR count). The molecule has 0 aromatic carbocycles. The van der Waals surface area contributed by atoms with Gasteiger partial charge in [-0.25, -0.2) is 9.97 Å². The van der Waals surface area contributed by atoms with Crippen LogP contribution in [0, 0.1) is 0 Å². The van der Waals surface area contributed by atoms with E-state index in [4.69, 9.17) is 10.5 Å². The van der Waals surface area contributed by atoms with Crippen molar-refractivity contribution in [3.63, 3.8) is 0 Å². The molecule has 0 saturated heterocycles. The summed E-state index contributed by atoms with van der Waals surface area (Å²) < 4.78 is 5.29. The first-order valence-corrected chi connectivity index (χ1v) is 9.09. The van der Waals surface area contributed by atoms with E-state index in [0.29, 0.717) is 27.5 Å². The lowest BCUT2D eigenvalue weighted by Crippen LogP contribution is -2.13. The normalized spacial score (nSPS) is 10.9. The molecule has 9 heteroatoms. The molecule has 3 N–H and O–H groups in total. The van der Waals surface area contributed by atoms with Crippen LogP contribution >= 0.6 is 11.3 Å². The predicted molar refractivity (Wildman–Crippen MR) is 108 cm³/mol. The molecule has 0 fully saturated rings. The first-order valence-electron chi connectivity index (χ1n) is 8.27. The van der Waals surface area contributed by atoms with Gasteiger partial charge in [-0.15, -0.1) is 11.3 Å². The highest BCUT2D eigenvalue weighted by atomic mass is 32.1. The minimum atomic E-state index is -0.397. The number of hydrogen-bond acceptors (Lipinski definition) is 8. The van der Waals surface area contributed by atoms with Crippen molar-refractivity contribution in [3.8, 4) is 26.9 Å². The van der Waals surface area contributed by atoms with Gasteiger partial charge in [-0.3, -0.25) is 14.6 Å². The molecule has 0 atom stereocenters. The van der Waals surface area contributed by atoms with Crippen LogP contribution in [0.3, 0.4) is 0 Å². The lowest BCUT2D eigenvalue weighted by Gasteiger charge is -2.07. The summed E-state index contributed by atoms with van der Waals surface area (Å²) in [5.74, 6) is 0.324. The molecule has 0 amide bonds. The summed E-state index contributed by atoms with van der Waals surface area (Å²) in [6.45, 7) is 1.43. The van der Waals surface area contributed by atoms with Crippen molar-refractivity contribution in [3.05, 3.63) is 52.7 Å². The third-order valence-electron chi connectivity index (χ3n) is 4.24. The van der Waals surface area contributed by atoms with E-state index in [1.807, 2.05) is 6.07 Å². The fraction of sp³-hybridized carbons (Fsp3) is 0.105. The zero-order chi connectivity index (χ0) is 19.8. The van der Waals surface area contributed by atoms with Crippen LogP contribution in [0.15, 0.2) is 41.6 Å². The van der Waals surface area contributed by atoms with Crippen LogP contribution in [0.5, 0.6) is 5.88 Å². The number of carbonyl (C=O) groups excluding carboxylic acids is 1. The van der Waals surface area contributed by atoms with Gasteiger partial charge in [0.05, 0.1) is 28.8 Å². The number of anilines is 1. The first-order chi connectivity index (χ1) is 13.5. The number of hydrogen-bond donors (Lipinski definition) is 2. The van der Waals surface area contributed by atoms with Gasteiger partial charge in [0.25, 0.3) is 5.56 Å². The molecular weight excluding hydrogens is 378 g/mol. The Bertz CT molecular complexity index is 1280. The second-order valence-electron chi connectivity index (χ2n) is 6.01. The molecule has 0 aliphatic heterocycles. The Balaban J connectivity index is 1.86. The smallest absolute Gasteiger partial charge is 0.260 e. The Morgan fingerprint density at radius 1 is 1.25 bits per heavy atom. The number of H-pyrrole nitrogens is 1. The zero-order valence-corrected chi connectivity index (χ0v) is 15.8. The van der Waals surface area contributed by atoms with Gasteiger partial charge in [0.1, 0.15) is 16.1 Å². The Kier molecular flexibility index (Phi) is 4.36. The molecule has 4 heterocycles. The molecule has 8 nitrogen and oxygen atoms in total. The lowest BCUT2D eigenvalue weighted by molar-refractivity contribution is 0.101. The maximum Gasteiger partial charge on any atom is 0.260 e. The molecule has 0 bridgehead atoms. The van der Waals surface area contributed by atoms with E-state index >= 15 is 0 Å². The highest BCUT2D eigenvalue weighted by Crippen LogP contribution is 2.37. The van der Waals surface area contributed by atoms with Crippen molar-refractivity contribution in [2.45, 2.75) is 6.92 Å². The van der Waals surface area contributed by atoms with Gasteiger partial charge < -0.3 is 15.5 Å². The van der Waals surface area contributed by atoms with Crippen LogP contribution < -0.4 is 16.0 Å². The number of Topliss-reactive ketones (excluding diaryl/α,β-unsaturated/α-hetero) is 1. The number of ether oxygens (including phenoxy) is 1. The fourth-order valence-electron chi connectivity index (χ4n) is 2.86. The topological polar surface area (TPSA) is 124 Å². The minimum Gasteiger partial charge on any atom is -0.481 e. The van der Waals surface area contributed by atoms with Gasteiger partial charge in [0, 0.05) is 24.2 Å². The average Bonchev–Trinajstić information content (AvgIpc) is 3.16. The van der Waals surface area contributed by atoms with E-state index in [9.17, 15) is 9.59 Å². The van der Waals surface area contributed by atoms with Crippen molar-refractivity contribution in [1.29, 1.82) is 0 Å². The Hall–Kier alpha value is -3.59. The third kappa shape index (κ3) is 2.91. The van der Waals surface area contributed by atoms with Crippen LogP contribution in [0.2, 0.25) is 0 Å². The standard InChI is InChI=1S/C19H15N5O3S/c1-9(25)10-6-12-16(22-7-10)15(20)14(17(26)24-12)19-23-8-13(28-19)11-4-3-5-21-18(11)27-2/h3-8H,1-2H3,(H3,20,24,26). The fourth-order valence-corrected chi connectivity index (χ4v) is 3.85. The van der Waals surface area contributed by atoms with E-state index in [2.05, 4.69) is 19.9 Å². The number of methoxy groups -OCH3 is 1. The number of thiazole rings is 1. The van der Waals surface area contributed by atoms with Crippen LogP contribution in [0.4, 0.5) is 5.69 Å². The maximum absolute atomic E-state index is 12.7. The maximum atomic E-state index is 12.7. The predicted octanol–water partition coefficient (Wildman–Crippen LogP) is 2.90. The number of nitrogens with two attached hydrogens (primary N) is 1. The second-order valence-corrected chi connectivity index (χ2v) is 7.04. The molecule has 0 aliphatic carbocycles. The molecule has 140 valence electrons. The number of nitrogen functional groups attached to an aromatic ring is 1. The summed E-state index contributed by atoms with van der Waals surface area (Å²) in [4.78, 5) is 40.6. The number of nitrogens with one attached hydrogen (secondary N) is 1. The number of fused-ring (bicyclic) bond motifs is 1. The summed E-state index contributed by atoms with van der Waals surface area (Å²) in [6, 6.07) is 5.23. The summed E-state index contributed by atoms with van der Waals surface area (Å²) in [5, 5.41) is 0.457. The van der Waals surface area contributed by atoms with Crippen molar-refractivity contribution in [2.75, 3.05) is 12.8 Å². The second kappa shape index (κ2) is 6.86. The quantitative estimate of drug-likeness (QED) is 0.511. The van der Waals surface area contributed by atoms with E-state index < -0.39 is 5.56 Å². The van der Waals surface area contributed by atoms with Gasteiger partial charge in [-0.2, -0.15) is 0 Å². The lowest BCUT2D eigenvalue weighted by atomic mass is 10.1. The number of nitrogens with zero attached hydrogens (tertiary/aromatic N) is 3. The molecule has 4 aromatic rings. The minimum absolute atomic E-state index is 0.145. The highest BCUT2D eigenvalue weighted by molar-refractivity contribution is 7.18. The van der Waals surface area contributed by atoms with Gasteiger partial charge in [0.15, 0.2) is 5.78 Å². The molecule has 4 aromatic heterocycles. The van der Waals surface area contributed by atoms with Crippen LogP contribution in [-0.2, 0) is 0 Å². The monoisotopic (exact) mass is 393 g/mol. The Morgan fingerprint density at radius 3 is 2.82 bits per heavy atom. The Morgan fingerprint density at radius 2 is 2.07 bits per heavy atom. The average molecular weight is 393 g/mol. The summed E-state index contributed by atoms with van der Waals surface area (Å²) in [5.41, 5.74) is 8.30. The van der Waals surface area contributed by atoms with Gasteiger partial charge in [0.2, 0.25) is 5.88 Å². The number of carbonyl (C=O) groups is 1.